The molecule has 28 heavy (non-hydrogen) atoms. The van der Waals surface area contributed by atoms with E-state index < -0.39 is 71.2 Å². The van der Waals surface area contributed by atoms with Gasteiger partial charge in [-0.05, 0) is 0 Å². The second-order valence-corrected chi connectivity index (χ2v) is 6.43. The number of aliphatic hydroxyl groups is 1. The van der Waals surface area contributed by atoms with Crippen molar-refractivity contribution < 1.29 is 71.7 Å². The van der Waals surface area contributed by atoms with Crippen LogP contribution in [0.4, 0.5) is 57.1 Å². The summed E-state index contributed by atoms with van der Waals surface area (Å²) in [6.07, 6.45) is 0. The van der Waals surface area contributed by atoms with Crippen molar-refractivity contribution in [2.45, 2.75) is 52.2 Å². The summed E-state index contributed by atoms with van der Waals surface area (Å²) in [7, 11) is 0. The molecule has 3 nitrogen and oxygen atoms in total. The smallest absolute Gasteiger partial charge is 0.340 e. The van der Waals surface area contributed by atoms with Gasteiger partial charge in [0.05, 0.1) is 13.2 Å². The zero-order valence-corrected chi connectivity index (χ0v) is 12.6. The van der Waals surface area contributed by atoms with E-state index in [2.05, 4.69) is 4.74 Å². The zero-order valence-electron chi connectivity index (χ0n) is 12.6. The van der Waals surface area contributed by atoms with E-state index >= 15 is 0 Å². The molecule has 1 N–H and O–H groups in total. The fourth-order valence-electron chi connectivity index (χ4n) is 3.97. The number of alkyl halides is 13. The third-order valence-corrected chi connectivity index (χ3v) is 5.37. The van der Waals surface area contributed by atoms with Crippen LogP contribution in [0.15, 0.2) is 0 Å². The monoisotopic (exact) mass is 444 g/mol. The Labute approximate surface area is 144 Å². The molecule has 4 fully saturated rings. The third-order valence-electron chi connectivity index (χ3n) is 5.37. The van der Waals surface area contributed by atoms with Gasteiger partial charge in [0, 0.05) is 0 Å². The Morgan fingerprint density at radius 2 is 1.04 bits per heavy atom. The third kappa shape index (κ3) is 1.24. The highest BCUT2D eigenvalue weighted by Crippen LogP contribution is 2.84. The number of hydrogen-bond acceptors (Lipinski definition) is 3. The highest BCUT2D eigenvalue weighted by molar-refractivity contribution is 6.04. The van der Waals surface area contributed by atoms with Crippen molar-refractivity contribution in [2.75, 3.05) is 13.2 Å². The quantitative estimate of drug-likeness (QED) is 0.682. The molecule has 0 amide bonds. The minimum absolute atomic E-state index is 1.67. The molecule has 4 bridgehead atoms. The topological polar surface area (TPSA) is 46.5 Å². The lowest BCUT2D eigenvalue weighted by Gasteiger charge is -2.71. The molecule has 0 aromatic carbocycles. The molecule has 4 aliphatic rings. The van der Waals surface area contributed by atoms with Gasteiger partial charge in [-0.25, -0.2) is 22.0 Å². The van der Waals surface area contributed by atoms with Crippen LogP contribution in [-0.2, 0) is 9.53 Å². The first-order chi connectivity index (χ1) is 12.2. The second kappa shape index (κ2) is 4.54. The Bertz CT molecular complexity index is 770. The van der Waals surface area contributed by atoms with E-state index in [4.69, 9.17) is 5.11 Å². The lowest BCUT2D eigenvalue weighted by atomic mass is 9.41. The van der Waals surface area contributed by atoms with Crippen LogP contribution < -0.4 is 0 Å². The highest BCUT2D eigenvalue weighted by Gasteiger charge is 3.19. The fourth-order valence-corrected chi connectivity index (χ4v) is 3.97. The van der Waals surface area contributed by atoms with Crippen molar-refractivity contribution >= 4 is 5.78 Å². The normalized spacial score (nSPS) is 52.1. The molecule has 0 aromatic heterocycles. The predicted molar refractivity (Wildman–Crippen MR) is 57.0 cm³/mol. The summed E-state index contributed by atoms with van der Waals surface area (Å²) in [5.74, 6) is -40.6. The maximum atomic E-state index is 14.8. The van der Waals surface area contributed by atoms with E-state index in [1.165, 1.54) is 0 Å². The molecule has 0 aliphatic heterocycles. The molecule has 0 radical (unpaired) electrons. The first kappa shape index (κ1) is 21.4. The van der Waals surface area contributed by atoms with Gasteiger partial charge in [-0.2, -0.15) is 35.1 Å². The van der Waals surface area contributed by atoms with Crippen molar-refractivity contribution in [2.24, 2.45) is 0 Å². The molecular weight excluding hydrogens is 439 g/mol. The Hall–Kier alpha value is -1.32. The Balaban J connectivity index is 2.60. The number of carbonyl (C=O) groups is 1. The number of carbonyl (C=O) groups excluding carboxylic acids is 1. The van der Waals surface area contributed by atoms with Gasteiger partial charge in [-0.15, -0.1) is 0 Å². The molecule has 0 aromatic rings. The average molecular weight is 444 g/mol. The van der Waals surface area contributed by atoms with Gasteiger partial charge in [0.25, 0.3) is 5.67 Å². The maximum absolute atomic E-state index is 14.8. The minimum atomic E-state index is -7.55. The van der Waals surface area contributed by atoms with Crippen LogP contribution in [-0.4, -0.2) is 76.3 Å². The van der Waals surface area contributed by atoms with Gasteiger partial charge in [0.2, 0.25) is 5.78 Å². The molecular formula is C12H5F13O3. The number of ketones is 1. The van der Waals surface area contributed by atoms with Gasteiger partial charge in [-0.3, -0.25) is 4.79 Å². The number of halogens is 13. The van der Waals surface area contributed by atoms with Crippen molar-refractivity contribution in [3.05, 3.63) is 0 Å². The lowest BCUT2D eigenvalue weighted by Crippen LogP contribution is -3.07. The van der Waals surface area contributed by atoms with Crippen molar-refractivity contribution in [1.82, 2.24) is 0 Å². The fraction of sp³-hybridized carbons (Fsp3) is 0.917. The van der Waals surface area contributed by atoms with E-state index in [9.17, 15) is 61.9 Å². The van der Waals surface area contributed by atoms with Crippen LogP contribution >= 0.6 is 0 Å². The molecule has 4 aliphatic carbocycles. The molecule has 162 valence electrons. The van der Waals surface area contributed by atoms with E-state index in [-0.39, 0.29) is 0 Å². The lowest BCUT2D eigenvalue weighted by molar-refractivity contribution is -0.555. The standard InChI is InChI=1S/C12H5F13O3/c13-4-3(27)5(14)10(21,22)6(15,8(4,17)18)11(23,24)7(16,9(4,19)20)12(5,25)28-2-1-26/h26H,1-2H2. The number of Topliss-reactive ketones (excluding diaryl/α,β-unsaturated/α-hetero) is 1. The average Bonchev–Trinajstić information content (AvgIpc) is 2.58. The molecule has 0 saturated heterocycles. The van der Waals surface area contributed by atoms with Crippen molar-refractivity contribution in [1.29, 1.82) is 0 Å². The molecule has 16 heteroatoms. The van der Waals surface area contributed by atoms with Crippen LogP contribution in [0.5, 0.6) is 0 Å². The molecule has 0 spiro atoms. The van der Waals surface area contributed by atoms with E-state index in [0.29, 0.717) is 0 Å². The Kier molecular flexibility index (Phi) is 3.47. The number of ether oxygens (including phenoxy) is 1. The van der Waals surface area contributed by atoms with Gasteiger partial charge in [0.15, 0.2) is 0 Å². The van der Waals surface area contributed by atoms with Crippen LogP contribution in [0.25, 0.3) is 0 Å². The van der Waals surface area contributed by atoms with E-state index in [1.807, 2.05) is 0 Å². The summed E-state index contributed by atoms with van der Waals surface area (Å²) in [4.78, 5) is 11.6. The molecule has 0 heterocycles. The van der Waals surface area contributed by atoms with Gasteiger partial charge in [0.1, 0.15) is 0 Å². The van der Waals surface area contributed by atoms with Gasteiger partial charge >= 0.3 is 46.6 Å². The maximum Gasteiger partial charge on any atom is 0.340 e. The highest BCUT2D eigenvalue weighted by atomic mass is 19.3. The minimum Gasteiger partial charge on any atom is -0.394 e. The summed E-state index contributed by atoms with van der Waals surface area (Å²) in [5, 5.41) is 8.39. The van der Waals surface area contributed by atoms with Crippen LogP contribution in [0.2, 0.25) is 0 Å². The SMILES string of the molecule is O=C1C2(F)C(F)(F)C3(F)C(F)(F)C1(F)C(F)(OCCO)C(F)(C2(F)F)C3(F)F. The number of hydrogen-bond donors (Lipinski definition) is 1. The van der Waals surface area contributed by atoms with Gasteiger partial charge in [-0.1, -0.05) is 0 Å². The van der Waals surface area contributed by atoms with E-state index in [1.54, 1.807) is 0 Å². The molecule has 5 unspecified atom stereocenters. The van der Waals surface area contributed by atoms with Crippen LogP contribution in [0.3, 0.4) is 0 Å². The summed E-state index contributed by atoms with van der Waals surface area (Å²) in [6.45, 7) is -3.70. The van der Waals surface area contributed by atoms with Crippen molar-refractivity contribution in [3.63, 3.8) is 0 Å². The first-order valence-corrected chi connectivity index (χ1v) is 6.97. The Morgan fingerprint density at radius 1 is 0.643 bits per heavy atom. The van der Waals surface area contributed by atoms with Crippen LogP contribution in [0.1, 0.15) is 0 Å². The zero-order chi connectivity index (χ0) is 22.2. The molecule has 4 saturated carbocycles. The number of aliphatic hydroxyl groups excluding tert-OH is 1. The largest absolute Gasteiger partial charge is 0.394 e. The predicted octanol–water partition coefficient (Wildman–Crippen LogP) is 2.65. The second-order valence-electron chi connectivity index (χ2n) is 6.43. The van der Waals surface area contributed by atoms with E-state index in [0.717, 1.165) is 0 Å². The summed E-state index contributed by atoms with van der Waals surface area (Å²) in [6, 6.07) is 0. The summed E-state index contributed by atoms with van der Waals surface area (Å²) < 4.78 is 189. The Morgan fingerprint density at radius 3 is 1.46 bits per heavy atom. The first-order valence-electron chi connectivity index (χ1n) is 6.97. The molecule has 4 rings (SSSR count). The van der Waals surface area contributed by atoms with Gasteiger partial charge < -0.3 is 9.84 Å². The summed E-state index contributed by atoms with van der Waals surface area (Å²) in [5.41, 5.74) is -28.3. The number of rotatable bonds is 3. The van der Waals surface area contributed by atoms with Crippen molar-refractivity contribution in [3.8, 4) is 0 Å². The van der Waals surface area contributed by atoms with Crippen LogP contribution in [0, 0.1) is 0 Å². The summed E-state index contributed by atoms with van der Waals surface area (Å²) >= 11 is 0. The molecule has 5 atom stereocenters.